The Hall–Kier alpha value is -0.570. The summed E-state index contributed by atoms with van der Waals surface area (Å²) in [7, 11) is 0. The summed E-state index contributed by atoms with van der Waals surface area (Å²) in [6.45, 7) is 4.37. The second kappa shape index (κ2) is 5.22. The van der Waals surface area contributed by atoms with Gasteiger partial charge in [-0.25, -0.2) is 0 Å². The Labute approximate surface area is 79.7 Å². The van der Waals surface area contributed by atoms with Crippen molar-refractivity contribution in [3.8, 4) is 0 Å². The average molecular weight is 185 g/mol. The zero-order chi connectivity index (χ0) is 9.68. The van der Waals surface area contributed by atoms with Gasteiger partial charge in [-0.15, -0.1) is 0 Å². The lowest BCUT2D eigenvalue weighted by atomic mass is 9.92. The third-order valence-electron chi connectivity index (χ3n) is 2.76. The lowest BCUT2D eigenvalue weighted by Gasteiger charge is -2.30. The fraction of sp³-hybridized carbons (Fsp3) is 0.900. The van der Waals surface area contributed by atoms with Crippen LogP contribution in [0.5, 0.6) is 0 Å². The molecule has 0 spiro atoms. The number of rotatable bonds is 4. The molecule has 0 atom stereocenters. The smallest absolute Gasteiger partial charge is 0.317 e. The first-order valence-corrected chi connectivity index (χ1v) is 5.16. The largest absolute Gasteiger partial charge is 0.480 e. The molecule has 0 unspecified atom stereocenters. The lowest BCUT2D eigenvalue weighted by Crippen LogP contribution is -2.37. The fourth-order valence-electron chi connectivity index (χ4n) is 2.03. The maximum absolute atomic E-state index is 10.4. The normalized spacial score (nSPS) is 20.4. The standard InChI is InChI=1S/C10H19NO2/c1-2-3-9-4-6-11(7-5-9)8-10(12)13/h9H,2-8H2,1H3,(H,12,13). The van der Waals surface area contributed by atoms with Crippen molar-refractivity contribution in [1.82, 2.24) is 4.90 Å². The molecule has 13 heavy (non-hydrogen) atoms. The Bertz CT molecular complexity index is 162. The van der Waals surface area contributed by atoms with Gasteiger partial charge in [0.15, 0.2) is 0 Å². The van der Waals surface area contributed by atoms with E-state index in [1.165, 1.54) is 25.7 Å². The Morgan fingerprint density at radius 3 is 2.54 bits per heavy atom. The van der Waals surface area contributed by atoms with E-state index < -0.39 is 5.97 Å². The van der Waals surface area contributed by atoms with Crippen molar-refractivity contribution in [3.05, 3.63) is 0 Å². The van der Waals surface area contributed by atoms with Gasteiger partial charge in [0.05, 0.1) is 6.54 Å². The van der Waals surface area contributed by atoms with Crippen molar-refractivity contribution in [1.29, 1.82) is 0 Å². The molecule has 0 aromatic heterocycles. The Kier molecular flexibility index (Phi) is 4.22. The Morgan fingerprint density at radius 1 is 1.46 bits per heavy atom. The van der Waals surface area contributed by atoms with E-state index in [1.807, 2.05) is 4.90 Å². The van der Waals surface area contributed by atoms with Gasteiger partial charge in [-0.2, -0.15) is 0 Å². The highest BCUT2D eigenvalue weighted by atomic mass is 16.4. The SMILES string of the molecule is CCCC1CCN(CC(=O)O)CC1. The number of carboxylic acids is 1. The molecule has 1 fully saturated rings. The maximum Gasteiger partial charge on any atom is 0.317 e. The van der Waals surface area contributed by atoms with Crippen LogP contribution in [-0.4, -0.2) is 35.6 Å². The third-order valence-corrected chi connectivity index (χ3v) is 2.76. The molecule has 3 nitrogen and oxygen atoms in total. The number of piperidine rings is 1. The van der Waals surface area contributed by atoms with Gasteiger partial charge < -0.3 is 5.11 Å². The summed E-state index contributed by atoms with van der Waals surface area (Å²) in [5.41, 5.74) is 0. The van der Waals surface area contributed by atoms with Gasteiger partial charge in [0.25, 0.3) is 0 Å². The number of aliphatic carboxylic acids is 1. The molecule has 1 heterocycles. The summed E-state index contributed by atoms with van der Waals surface area (Å²) < 4.78 is 0. The molecule has 76 valence electrons. The molecule has 1 rings (SSSR count). The van der Waals surface area contributed by atoms with Crippen molar-refractivity contribution in [2.75, 3.05) is 19.6 Å². The van der Waals surface area contributed by atoms with Crippen LogP contribution in [-0.2, 0) is 4.79 Å². The third kappa shape index (κ3) is 3.77. The molecule has 0 saturated carbocycles. The minimum atomic E-state index is -0.700. The number of hydrogen-bond donors (Lipinski definition) is 1. The van der Waals surface area contributed by atoms with Gasteiger partial charge in [-0.1, -0.05) is 19.8 Å². The number of likely N-dealkylation sites (tertiary alicyclic amines) is 1. The van der Waals surface area contributed by atoms with Crippen LogP contribution in [0, 0.1) is 5.92 Å². The molecule has 0 radical (unpaired) electrons. The molecular weight excluding hydrogens is 166 g/mol. The molecule has 0 aromatic carbocycles. The van der Waals surface area contributed by atoms with E-state index in [0.717, 1.165) is 19.0 Å². The summed E-state index contributed by atoms with van der Waals surface area (Å²) in [6.07, 6.45) is 4.92. The zero-order valence-corrected chi connectivity index (χ0v) is 8.33. The predicted molar refractivity (Wildman–Crippen MR) is 51.7 cm³/mol. The first-order valence-electron chi connectivity index (χ1n) is 5.16. The van der Waals surface area contributed by atoms with Crippen molar-refractivity contribution in [2.24, 2.45) is 5.92 Å². The summed E-state index contributed by atoms with van der Waals surface area (Å²) in [5, 5.41) is 8.59. The Balaban J connectivity index is 2.18. The van der Waals surface area contributed by atoms with E-state index in [1.54, 1.807) is 0 Å². The molecule has 1 N–H and O–H groups in total. The first-order chi connectivity index (χ1) is 6.22. The lowest BCUT2D eigenvalue weighted by molar-refractivity contribution is -0.138. The van der Waals surface area contributed by atoms with Gasteiger partial charge in [0.1, 0.15) is 0 Å². The van der Waals surface area contributed by atoms with Crippen LogP contribution in [0.1, 0.15) is 32.6 Å². The van der Waals surface area contributed by atoms with Crippen molar-refractivity contribution in [3.63, 3.8) is 0 Å². The maximum atomic E-state index is 10.4. The van der Waals surface area contributed by atoms with E-state index in [9.17, 15) is 4.79 Å². The molecule has 0 amide bonds. The number of hydrogen-bond acceptors (Lipinski definition) is 2. The van der Waals surface area contributed by atoms with Crippen molar-refractivity contribution < 1.29 is 9.90 Å². The van der Waals surface area contributed by atoms with Crippen molar-refractivity contribution >= 4 is 5.97 Å². The van der Waals surface area contributed by atoms with Crippen LogP contribution in [0.25, 0.3) is 0 Å². The number of carbonyl (C=O) groups is 1. The van der Waals surface area contributed by atoms with E-state index in [4.69, 9.17) is 5.11 Å². The van der Waals surface area contributed by atoms with Crippen LogP contribution >= 0.6 is 0 Å². The number of nitrogens with zero attached hydrogens (tertiary/aromatic N) is 1. The summed E-state index contributed by atoms with van der Waals surface area (Å²) in [5.74, 6) is 0.143. The highest BCUT2D eigenvalue weighted by Crippen LogP contribution is 2.21. The predicted octanol–water partition coefficient (Wildman–Crippen LogP) is 1.58. The molecule has 0 aliphatic carbocycles. The van der Waals surface area contributed by atoms with Crippen LogP contribution in [0.15, 0.2) is 0 Å². The van der Waals surface area contributed by atoms with Crippen LogP contribution in [0.3, 0.4) is 0 Å². The molecular formula is C10H19NO2. The molecule has 1 aliphatic rings. The van der Waals surface area contributed by atoms with Crippen LogP contribution in [0.2, 0.25) is 0 Å². The minimum absolute atomic E-state index is 0.221. The summed E-state index contributed by atoms with van der Waals surface area (Å²) >= 11 is 0. The van der Waals surface area contributed by atoms with E-state index in [0.29, 0.717) is 0 Å². The second-order valence-electron chi connectivity index (χ2n) is 3.90. The van der Waals surface area contributed by atoms with Gasteiger partial charge in [-0.05, 0) is 31.8 Å². The van der Waals surface area contributed by atoms with Gasteiger partial charge >= 0.3 is 5.97 Å². The van der Waals surface area contributed by atoms with Gasteiger partial charge in [-0.3, -0.25) is 9.69 Å². The molecule has 1 aliphatic heterocycles. The topological polar surface area (TPSA) is 40.5 Å². The second-order valence-corrected chi connectivity index (χ2v) is 3.90. The van der Waals surface area contributed by atoms with E-state index >= 15 is 0 Å². The first kappa shape index (κ1) is 10.5. The zero-order valence-electron chi connectivity index (χ0n) is 8.33. The quantitative estimate of drug-likeness (QED) is 0.723. The van der Waals surface area contributed by atoms with Gasteiger partial charge in [0.2, 0.25) is 0 Å². The van der Waals surface area contributed by atoms with Crippen LogP contribution in [0.4, 0.5) is 0 Å². The number of carboxylic acid groups (broad SMARTS) is 1. The Morgan fingerprint density at radius 2 is 2.08 bits per heavy atom. The molecule has 1 saturated heterocycles. The fourth-order valence-corrected chi connectivity index (χ4v) is 2.03. The highest BCUT2D eigenvalue weighted by Gasteiger charge is 2.19. The van der Waals surface area contributed by atoms with Gasteiger partial charge in [0, 0.05) is 0 Å². The van der Waals surface area contributed by atoms with Crippen molar-refractivity contribution in [2.45, 2.75) is 32.6 Å². The van der Waals surface area contributed by atoms with E-state index in [-0.39, 0.29) is 6.54 Å². The summed E-state index contributed by atoms with van der Waals surface area (Å²) in [6, 6.07) is 0. The minimum Gasteiger partial charge on any atom is -0.480 e. The molecule has 3 heteroatoms. The monoisotopic (exact) mass is 185 g/mol. The summed E-state index contributed by atoms with van der Waals surface area (Å²) in [4.78, 5) is 12.5. The highest BCUT2D eigenvalue weighted by molar-refractivity contribution is 5.69. The average Bonchev–Trinajstić information content (AvgIpc) is 2.08. The molecule has 0 aromatic rings. The molecule has 0 bridgehead atoms. The van der Waals surface area contributed by atoms with Crippen LogP contribution < -0.4 is 0 Å². The van der Waals surface area contributed by atoms with E-state index in [2.05, 4.69) is 6.92 Å².